The van der Waals surface area contributed by atoms with Gasteiger partial charge in [0.05, 0.1) is 5.92 Å². The Kier molecular flexibility index (Phi) is 4.16. The molecule has 0 spiro atoms. The molecule has 1 aromatic heterocycles. The molecule has 1 atom stereocenters. The van der Waals surface area contributed by atoms with Crippen LogP contribution in [0.5, 0.6) is 5.75 Å². The number of carbonyl (C=O) groups is 2. The molecule has 0 radical (unpaired) electrons. The second-order valence-corrected chi connectivity index (χ2v) is 5.68. The van der Waals surface area contributed by atoms with Crippen molar-refractivity contribution in [3.8, 4) is 5.75 Å². The Morgan fingerprint density at radius 3 is 2.91 bits per heavy atom. The Morgan fingerprint density at radius 1 is 1.35 bits per heavy atom. The first kappa shape index (κ1) is 15.3. The Labute approximate surface area is 137 Å². The lowest BCUT2D eigenvalue weighted by molar-refractivity contribution is -0.122. The lowest BCUT2D eigenvalue weighted by atomic mass is 10.1. The predicted octanol–water partition coefficient (Wildman–Crippen LogP) is 2.43. The summed E-state index contributed by atoms with van der Waals surface area (Å²) in [4.78, 5) is 29.9. The molecule has 3 rings (SSSR count). The van der Waals surface area contributed by atoms with E-state index in [1.165, 1.54) is 17.2 Å². The number of hydrogen-bond acceptors (Lipinski definition) is 4. The number of nitrogens with one attached hydrogen (secondary N) is 1. The zero-order chi connectivity index (χ0) is 16.4. The van der Waals surface area contributed by atoms with Crippen LogP contribution >= 0.6 is 11.6 Å². The molecule has 1 aliphatic rings. The van der Waals surface area contributed by atoms with Crippen molar-refractivity contribution in [3.63, 3.8) is 0 Å². The van der Waals surface area contributed by atoms with Gasteiger partial charge in [-0.1, -0.05) is 17.7 Å². The number of amides is 2. The number of halogens is 1. The Balaban J connectivity index is 1.72. The van der Waals surface area contributed by atoms with Gasteiger partial charge in [-0.15, -0.1) is 0 Å². The van der Waals surface area contributed by atoms with E-state index in [4.69, 9.17) is 11.6 Å². The molecule has 0 unspecified atom stereocenters. The van der Waals surface area contributed by atoms with Crippen molar-refractivity contribution in [2.45, 2.75) is 6.42 Å². The van der Waals surface area contributed by atoms with E-state index in [9.17, 15) is 14.7 Å². The van der Waals surface area contributed by atoms with Gasteiger partial charge < -0.3 is 15.3 Å². The average molecular weight is 332 g/mol. The SMILES string of the molecule is O=C(Nc1ncccc1O)[C@H]1CC(=O)N(c2cccc(Cl)c2)C1. The molecule has 1 saturated heterocycles. The summed E-state index contributed by atoms with van der Waals surface area (Å²) in [5.74, 6) is -1.03. The quantitative estimate of drug-likeness (QED) is 0.905. The highest BCUT2D eigenvalue weighted by molar-refractivity contribution is 6.31. The highest BCUT2D eigenvalue weighted by Crippen LogP contribution is 2.28. The fourth-order valence-electron chi connectivity index (χ4n) is 2.49. The molecule has 1 aromatic carbocycles. The van der Waals surface area contributed by atoms with Crippen LogP contribution in [0.4, 0.5) is 11.5 Å². The number of aromatic nitrogens is 1. The van der Waals surface area contributed by atoms with E-state index in [0.29, 0.717) is 10.7 Å². The molecular weight excluding hydrogens is 318 g/mol. The second kappa shape index (κ2) is 6.26. The summed E-state index contributed by atoms with van der Waals surface area (Å²) in [5, 5.41) is 12.7. The third-order valence-corrected chi connectivity index (χ3v) is 3.88. The molecule has 1 fully saturated rings. The smallest absolute Gasteiger partial charge is 0.231 e. The number of benzene rings is 1. The lowest BCUT2D eigenvalue weighted by Crippen LogP contribution is -2.28. The topological polar surface area (TPSA) is 82.5 Å². The van der Waals surface area contributed by atoms with Gasteiger partial charge in [0.15, 0.2) is 11.6 Å². The molecule has 23 heavy (non-hydrogen) atoms. The summed E-state index contributed by atoms with van der Waals surface area (Å²) in [6, 6.07) is 9.93. The van der Waals surface area contributed by atoms with Crippen LogP contribution in [-0.4, -0.2) is 28.4 Å². The van der Waals surface area contributed by atoms with Crippen LogP contribution in [0.15, 0.2) is 42.6 Å². The van der Waals surface area contributed by atoms with E-state index >= 15 is 0 Å². The summed E-state index contributed by atoms with van der Waals surface area (Å²) in [6.45, 7) is 0.263. The monoisotopic (exact) mass is 331 g/mol. The molecule has 0 saturated carbocycles. The molecule has 2 N–H and O–H groups in total. The summed E-state index contributed by atoms with van der Waals surface area (Å²) < 4.78 is 0. The van der Waals surface area contributed by atoms with Gasteiger partial charge >= 0.3 is 0 Å². The average Bonchev–Trinajstić information content (AvgIpc) is 2.92. The van der Waals surface area contributed by atoms with Crippen molar-refractivity contribution in [2.24, 2.45) is 5.92 Å². The van der Waals surface area contributed by atoms with Crippen molar-refractivity contribution in [3.05, 3.63) is 47.6 Å². The van der Waals surface area contributed by atoms with E-state index in [1.807, 2.05) is 0 Å². The molecule has 0 bridgehead atoms. The zero-order valence-corrected chi connectivity index (χ0v) is 12.8. The van der Waals surface area contributed by atoms with Crippen LogP contribution in [-0.2, 0) is 9.59 Å². The summed E-state index contributed by atoms with van der Waals surface area (Å²) in [5.41, 5.74) is 0.665. The molecule has 118 valence electrons. The van der Waals surface area contributed by atoms with E-state index in [0.717, 1.165) is 0 Å². The molecule has 2 amide bonds. The third-order valence-electron chi connectivity index (χ3n) is 3.64. The minimum atomic E-state index is -0.511. The summed E-state index contributed by atoms with van der Waals surface area (Å²) in [6.07, 6.45) is 1.57. The molecule has 1 aliphatic heterocycles. The van der Waals surface area contributed by atoms with Crippen molar-refractivity contribution >= 4 is 34.9 Å². The Bertz CT molecular complexity index is 766. The van der Waals surface area contributed by atoms with E-state index < -0.39 is 5.92 Å². The highest BCUT2D eigenvalue weighted by atomic mass is 35.5. The summed E-state index contributed by atoms with van der Waals surface area (Å²) in [7, 11) is 0. The van der Waals surface area contributed by atoms with Gasteiger partial charge in [-0.2, -0.15) is 0 Å². The number of rotatable bonds is 3. The maximum absolute atomic E-state index is 12.3. The maximum atomic E-state index is 12.3. The van der Waals surface area contributed by atoms with Crippen molar-refractivity contribution < 1.29 is 14.7 Å². The van der Waals surface area contributed by atoms with Crippen molar-refractivity contribution in [1.82, 2.24) is 4.98 Å². The predicted molar refractivity (Wildman–Crippen MR) is 86.4 cm³/mol. The first-order valence-corrected chi connectivity index (χ1v) is 7.43. The molecule has 7 heteroatoms. The number of aromatic hydroxyl groups is 1. The van der Waals surface area contributed by atoms with Gasteiger partial charge in [-0.25, -0.2) is 4.98 Å². The number of pyridine rings is 1. The first-order valence-electron chi connectivity index (χ1n) is 7.05. The molecule has 2 heterocycles. The normalized spacial score (nSPS) is 17.3. The standard InChI is InChI=1S/C16H14ClN3O3/c17-11-3-1-4-12(8-11)20-9-10(7-14(20)22)16(23)19-15-13(21)5-2-6-18-15/h1-6,8,10,21H,7,9H2,(H,18,19,23)/t10-/m0/s1. The van der Waals surface area contributed by atoms with Crippen LogP contribution in [0.25, 0.3) is 0 Å². The first-order chi connectivity index (χ1) is 11.0. The number of anilines is 2. The van der Waals surface area contributed by atoms with Crippen LogP contribution in [0.2, 0.25) is 5.02 Å². The van der Waals surface area contributed by atoms with Gasteiger partial charge in [0.2, 0.25) is 11.8 Å². The number of hydrogen-bond donors (Lipinski definition) is 2. The van der Waals surface area contributed by atoms with Crippen LogP contribution in [0.3, 0.4) is 0 Å². The van der Waals surface area contributed by atoms with Gasteiger partial charge in [-0.3, -0.25) is 9.59 Å². The van der Waals surface area contributed by atoms with Gasteiger partial charge in [-0.05, 0) is 30.3 Å². The van der Waals surface area contributed by atoms with Gasteiger partial charge in [0.25, 0.3) is 0 Å². The molecule has 2 aromatic rings. The van der Waals surface area contributed by atoms with E-state index in [1.54, 1.807) is 30.3 Å². The minimum Gasteiger partial charge on any atom is -0.504 e. The second-order valence-electron chi connectivity index (χ2n) is 5.25. The van der Waals surface area contributed by atoms with Crippen molar-refractivity contribution in [2.75, 3.05) is 16.8 Å². The Hall–Kier alpha value is -2.60. The lowest BCUT2D eigenvalue weighted by Gasteiger charge is -2.17. The molecule has 0 aliphatic carbocycles. The largest absolute Gasteiger partial charge is 0.504 e. The fourth-order valence-corrected chi connectivity index (χ4v) is 2.67. The third kappa shape index (κ3) is 3.27. The van der Waals surface area contributed by atoms with Crippen molar-refractivity contribution in [1.29, 1.82) is 0 Å². The summed E-state index contributed by atoms with van der Waals surface area (Å²) >= 11 is 5.94. The molecule has 6 nitrogen and oxygen atoms in total. The molecular formula is C16H14ClN3O3. The number of nitrogens with zero attached hydrogens (tertiary/aromatic N) is 2. The van der Waals surface area contributed by atoms with Crippen LogP contribution in [0, 0.1) is 5.92 Å². The zero-order valence-electron chi connectivity index (χ0n) is 12.1. The number of carbonyl (C=O) groups excluding carboxylic acids is 2. The van der Waals surface area contributed by atoms with Gasteiger partial charge in [0.1, 0.15) is 0 Å². The fraction of sp³-hybridized carbons (Fsp3) is 0.188. The highest BCUT2D eigenvalue weighted by Gasteiger charge is 2.35. The Morgan fingerprint density at radius 2 is 2.17 bits per heavy atom. The van der Waals surface area contributed by atoms with Crippen LogP contribution in [0.1, 0.15) is 6.42 Å². The van der Waals surface area contributed by atoms with Gasteiger partial charge in [0, 0.05) is 29.9 Å². The van der Waals surface area contributed by atoms with E-state index in [-0.39, 0.29) is 36.3 Å². The maximum Gasteiger partial charge on any atom is 0.231 e. The van der Waals surface area contributed by atoms with E-state index in [2.05, 4.69) is 10.3 Å². The van der Waals surface area contributed by atoms with Crippen LogP contribution < -0.4 is 10.2 Å². The minimum absolute atomic E-state index is 0.0890.